The molecule has 0 aliphatic heterocycles. The maximum Gasteiger partial charge on any atom is 0.252 e. The van der Waals surface area contributed by atoms with E-state index in [4.69, 9.17) is 27.8 Å². The molecule has 1 aromatic carbocycles. The molecule has 0 heterocycles. The van der Waals surface area contributed by atoms with E-state index in [9.17, 15) is 4.79 Å². The second-order valence-corrected chi connectivity index (χ2v) is 6.16. The molecule has 1 saturated carbocycles. The van der Waals surface area contributed by atoms with Crippen LogP contribution >= 0.6 is 11.6 Å². The standard InChI is InChI=1S/C15H21ClN2O2/c1-8-3-4-11(5-9(8)2)20-14-12(15(18)19)6-10(17)7-13(14)16/h6-9,11H,3-5,17H2,1-2H3,(H2,18,19). The largest absolute Gasteiger partial charge is 0.488 e. The molecule has 3 unspecified atom stereocenters. The van der Waals surface area contributed by atoms with Crippen molar-refractivity contribution in [2.45, 2.75) is 39.2 Å². The number of anilines is 1. The van der Waals surface area contributed by atoms with Gasteiger partial charge in [0, 0.05) is 5.69 Å². The zero-order valence-corrected chi connectivity index (χ0v) is 12.6. The Bertz CT molecular complexity index is 519. The molecular formula is C15H21ClN2O2. The summed E-state index contributed by atoms with van der Waals surface area (Å²) in [5, 5.41) is 0.338. The van der Waals surface area contributed by atoms with E-state index in [0.29, 0.717) is 28.3 Å². The predicted octanol–water partition coefficient (Wildman–Crippen LogP) is 3.22. The van der Waals surface area contributed by atoms with Gasteiger partial charge in [-0.15, -0.1) is 0 Å². The van der Waals surface area contributed by atoms with Gasteiger partial charge in [-0.1, -0.05) is 25.4 Å². The maximum atomic E-state index is 11.5. The first-order chi connectivity index (χ1) is 9.38. The molecule has 1 amide bonds. The number of nitrogen functional groups attached to an aromatic ring is 1. The fourth-order valence-electron chi connectivity index (χ4n) is 2.69. The highest BCUT2D eigenvalue weighted by Crippen LogP contribution is 2.36. The summed E-state index contributed by atoms with van der Waals surface area (Å²) in [6.07, 6.45) is 3.11. The van der Waals surface area contributed by atoms with Gasteiger partial charge in [0.05, 0.1) is 16.7 Å². The average molecular weight is 297 g/mol. The minimum Gasteiger partial charge on any atom is -0.488 e. The molecule has 5 heteroatoms. The Morgan fingerprint density at radius 3 is 2.60 bits per heavy atom. The zero-order valence-electron chi connectivity index (χ0n) is 11.9. The van der Waals surface area contributed by atoms with Crippen molar-refractivity contribution in [1.29, 1.82) is 0 Å². The van der Waals surface area contributed by atoms with Crippen molar-refractivity contribution < 1.29 is 9.53 Å². The van der Waals surface area contributed by atoms with Crippen molar-refractivity contribution in [2.24, 2.45) is 17.6 Å². The lowest BCUT2D eigenvalue weighted by Gasteiger charge is -2.32. The van der Waals surface area contributed by atoms with Crippen molar-refractivity contribution in [1.82, 2.24) is 0 Å². The number of halogens is 1. The Hall–Kier alpha value is -1.42. The average Bonchev–Trinajstić information content (AvgIpc) is 2.36. The SMILES string of the molecule is CC1CCC(Oc2c(Cl)cc(N)cc2C(N)=O)CC1C. The number of carbonyl (C=O) groups excluding carboxylic acids is 1. The first-order valence-electron chi connectivity index (χ1n) is 6.94. The Morgan fingerprint density at radius 2 is 2.00 bits per heavy atom. The highest BCUT2D eigenvalue weighted by molar-refractivity contribution is 6.33. The van der Waals surface area contributed by atoms with Gasteiger partial charge in [0.2, 0.25) is 0 Å². The van der Waals surface area contributed by atoms with E-state index in [-0.39, 0.29) is 11.7 Å². The first-order valence-corrected chi connectivity index (χ1v) is 7.31. The number of amides is 1. The molecule has 0 spiro atoms. The van der Waals surface area contributed by atoms with Crippen molar-refractivity contribution in [2.75, 3.05) is 5.73 Å². The van der Waals surface area contributed by atoms with Crippen LogP contribution in [0.2, 0.25) is 5.02 Å². The van der Waals surface area contributed by atoms with Crippen molar-refractivity contribution >= 4 is 23.2 Å². The Balaban J connectivity index is 2.23. The van der Waals surface area contributed by atoms with Crippen LogP contribution in [0.3, 0.4) is 0 Å². The smallest absolute Gasteiger partial charge is 0.252 e. The lowest BCUT2D eigenvalue weighted by atomic mass is 9.80. The summed E-state index contributed by atoms with van der Waals surface area (Å²) in [5.74, 6) is 1.08. The molecule has 0 aromatic heterocycles. The number of benzene rings is 1. The summed E-state index contributed by atoms with van der Waals surface area (Å²) in [7, 11) is 0. The lowest BCUT2D eigenvalue weighted by Crippen LogP contribution is -2.29. The molecule has 1 fully saturated rings. The Morgan fingerprint density at radius 1 is 1.30 bits per heavy atom. The van der Waals surface area contributed by atoms with E-state index in [2.05, 4.69) is 13.8 Å². The van der Waals surface area contributed by atoms with Crippen molar-refractivity contribution in [3.05, 3.63) is 22.7 Å². The Labute approximate surface area is 124 Å². The number of hydrogen-bond donors (Lipinski definition) is 2. The van der Waals surface area contributed by atoms with Crippen LogP contribution in [0.4, 0.5) is 5.69 Å². The van der Waals surface area contributed by atoms with E-state index in [0.717, 1.165) is 19.3 Å². The number of ether oxygens (including phenoxy) is 1. The van der Waals surface area contributed by atoms with Gasteiger partial charge in [-0.3, -0.25) is 4.79 Å². The van der Waals surface area contributed by atoms with Crippen LogP contribution in [0.1, 0.15) is 43.5 Å². The van der Waals surface area contributed by atoms with Gasteiger partial charge in [0.1, 0.15) is 0 Å². The van der Waals surface area contributed by atoms with Crippen LogP contribution in [0, 0.1) is 11.8 Å². The number of primary amides is 1. The van der Waals surface area contributed by atoms with Gasteiger partial charge in [-0.2, -0.15) is 0 Å². The molecule has 1 aromatic rings. The van der Waals surface area contributed by atoms with Crippen molar-refractivity contribution in [3.63, 3.8) is 0 Å². The first kappa shape index (κ1) is 15.0. The molecule has 1 aliphatic carbocycles. The molecule has 0 radical (unpaired) electrons. The third kappa shape index (κ3) is 3.18. The minimum atomic E-state index is -0.577. The number of rotatable bonds is 3. The van der Waals surface area contributed by atoms with Crippen LogP contribution in [-0.4, -0.2) is 12.0 Å². The summed E-state index contributed by atoms with van der Waals surface area (Å²) < 4.78 is 5.96. The second-order valence-electron chi connectivity index (χ2n) is 5.75. The van der Waals surface area contributed by atoms with Crippen LogP contribution in [0.5, 0.6) is 5.75 Å². The number of hydrogen-bond acceptors (Lipinski definition) is 3. The van der Waals surface area contributed by atoms with Gasteiger partial charge in [-0.25, -0.2) is 0 Å². The molecule has 2 rings (SSSR count). The number of carbonyl (C=O) groups is 1. The highest BCUT2D eigenvalue weighted by Gasteiger charge is 2.27. The summed E-state index contributed by atoms with van der Waals surface area (Å²) in [6.45, 7) is 4.48. The zero-order chi connectivity index (χ0) is 14.9. The molecule has 4 nitrogen and oxygen atoms in total. The third-order valence-electron chi connectivity index (χ3n) is 4.17. The van der Waals surface area contributed by atoms with Crippen LogP contribution in [0.15, 0.2) is 12.1 Å². The molecular weight excluding hydrogens is 276 g/mol. The minimum absolute atomic E-state index is 0.0698. The number of nitrogens with two attached hydrogens (primary N) is 2. The van der Waals surface area contributed by atoms with Gasteiger partial charge < -0.3 is 16.2 Å². The molecule has 1 aliphatic rings. The van der Waals surface area contributed by atoms with Crippen LogP contribution < -0.4 is 16.2 Å². The molecule has 110 valence electrons. The van der Waals surface area contributed by atoms with Gasteiger partial charge in [-0.05, 0) is 43.2 Å². The fourth-order valence-corrected chi connectivity index (χ4v) is 2.96. The summed E-state index contributed by atoms with van der Waals surface area (Å²) >= 11 is 6.15. The molecule has 3 atom stereocenters. The third-order valence-corrected chi connectivity index (χ3v) is 4.45. The molecule has 20 heavy (non-hydrogen) atoms. The van der Waals surface area contributed by atoms with E-state index < -0.39 is 5.91 Å². The van der Waals surface area contributed by atoms with E-state index in [1.54, 1.807) is 6.07 Å². The second kappa shape index (κ2) is 5.92. The topological polar surface area (TPSA) is 78.3 Å². The Kier molecular flexibility index (Phi) is 4.43. The predicted molar refractivity (Wildman–Crippen MR) is 81.0 cm³/mol. The van der Waals surface area contributed by atoms with Gasteiger partial charge in [0.15, 0.2) is 5.75 Å². The molecule has 0 saturated heterocycles. The molecule has 0 bridgehead atoms. The van der Waals surface area contributed by atoms with E-state index >= 15 is 0 Å². The maximum absolute atomic E-state index is 11.5. The highest BCUT2D eigenvalue weighted by atomic mass is 35.5. The molecule has 4 N–H and O–H groups in total. The fraction of sp³-hybridized carbons (Fsp3) is 0.533. The summed E-state index contributed by atoms with van der Waals surface area (Å²) in [5.41, 5.74) is 11.7. The van der Waals surface area contributed by atoms with E-state index in [1.165, 1.54) is 6.07 Å². The van der Waals surface area contributed by atoms with Gasteiger partial charge >= 0.3 is 0 Å². The van der Waals surface area contributed by atoms with E-state index in [1.807, 2.05) is 0 Å². The summed E-state index contributed by atoms with van der Waals surface area (Å²) in [4.78, 5) is 11.5. The van der Waals surface area contributed by atoms with Crippen LogP contribution in [0.25, 0.3) is 0 Å². The summed E-state index contributed by atoms with van der Waals surface area (Å²) in [6, 6.07) is 3.09. The van der Waals surface area contributed by atoms with Gasteiger partial charge in [0.25, 0.3) is 5.91 Å². The van der Waals surface area contributed by atoms with Crippen molar-refractivity contribution in [3.8, 4) is 5.75 Å². The monoisotopic (exact) mass is 296 g/mol. The van der Waals surface area contributed by atoms with Crippen LogP contribution in [-0.2, 0) is 0 Å². The normalized spacial score (nSPS) is 26.2. The quantitative estimate of drug-likeness (QED) is 0.841. The lowest BCUT2D eigenvalue weighted by molar-refractivity contribution is 0.0933.